The van der Waals surface area contributed by atoms with E-state index in [1.165, 1.54) is 6.20 Å². The van der Waals surface area contributed by atoms with Gasteiger partial charge < -0.3 is 28.7 Å². The van der Waals surface area contributed by atoms with Gasteiger partial charge in [0, 0.05) is 17.8 Å². The molecule has 0 spiro atoms. The van der Waals surface area contributed by atoms with Gasteiger partial charge in [0.25, 0.3) is 0 Å². The molecule has 1 fully saturated rings. The van der Waals surface area contributed by atoms with Crippen LogP contribution in [-0.2, 0) is 9.47 Å². The number of halogens is 2. The zero-order valence-corrected chi connectivity index (χ0v) is 28.7. The van der Waals surface area contributed by atoms with Gasteiger partial charge in [-0.3, -0.25) is 0 Å². The van der Waals surface area contributed by atoms with Crippen LogP contribution in [0.4, 0.5) is 25.6 Å². The smallest absolute Gasteiger partial charge is 0.425 e. The second-order valence-corrected chi connectivity index (χ2v) is 14.0. The number of nitrogens with zero attached hydrogens (tertiary/aromatic N) is 7. The Morgan fingerprint density at radius 1 is 1.11 bits per heavy atom. The fourth-order valence-electron chi connectivity index (χ4n) is 5.49. The highest BCUT2D eigenvalue weighted by Crippen LogP contribution is 2.42. The fourth-order valence-corrected chi connectivity index (χ4v) is 5.66. The predicted octanol–water partition coefficient (Wildman–Crippen LogP) is 6.32. The van der Waals surface area contributed by atoms with E-state index in [1.807, 2.05) is 18.9 Å². The number of likely N-dealkylation sites (N-methyl/N-ethyl adjacent to an activating group) is 1. The molecule has 2 atom stereocenters. The van der Waals surface area contributed by atoms with Gasteiger partial charge in [-0.05, 0) is 81.0 Å². The number of imide groups is 1. The molecule has 0 unspecified atom stereocenters. The number of hydrogen-bond acceptors (Lipinski definition) is 12. The topological polar surface area (TPSA) is 132 Å². The Morgan fingerprint density at radius 3 is 2.40 bits per heavy atom. The first kappa shape index (κ1) is 34.3. The maximum absolute atomic E-state index is 15.6. The molecule has 13 nitrogen and oxygen atoms in total. The van der Waals surface area contributed by atoms with Crippen molar-refractivity contribution >= 4 is 46.3 Å². The molecule has 3 aromatic rings. The average molecular weight is 674 g/mol. The molecule has 15 heteroatoms. The molecular weight excluding hydrogens is 633 g/mol. The van der Waals surface area contributed by atoms with Crippen LogP contribution in [0.3, 0.4) is 0 Å². The van der Waals surface area contributed by atoms with Gasteiger partial charge in [-0.1, -0.05) is 17.7 Å². The Labute approximate surface area is 278 Å². The molecule has 3 aromatic heterocycles. The lowest BCUT2D eigenvalue weighted by Gasteiger charge is -2.33. The van der Waals surface area contributed by atoms with Crippen molar-refractivity contribution in [1.29, 1.82) is 0 Å². The van der Waals surface area contributed by atoms with E-state index in [-0.39, 0.29) is 58.8 Å². The number of carbonyl (C=O) groups is 2. The molecular formula is C32H41ClFN7O6. The van der Waals surface area contributed by atoms with E-state index in [4.69, 9.17) is 35.5 Å². The Hall–Kier alpha value is -4.04. The molecule has 0 aromatic carbocycles. The first-order valence-electron chi connectivity index (χ1n) is 15.5. The molecule has 1 saturated heterocycles. The first-order chi connectivity index (χ1) is 22.0. The van der Waals surface area contributed by atoms with Crippen LogP contribution in [0.15, 0.2) is 18.3 Å². The number of pyridine rings is 2. The minimum atomic E-state index is -0.957. The van der Waals surface area contributed by atoms with E-state index in [2.05, 4.69) is 19.9 Å². The number of ether oxygens (including phenoxy) is 4. The van der Waals surface area contributed by atoms with Gasteiger partial charge in [-0.15, -0.1) is 0 Å². The van der Waals surface area contributed by atoms with Crippen molar-refractivity contribution in [3.05, 3.63) is 34.9 Å². The van der Waals surface area contributed by atoms with Crippen LogP contribution in [0, 0.1) is 5.82 Å². The van der Waals surface area contributed by atoms with Crippen molar-refractivity contribution in [2.45, 2.75) is 84.6 Å². The quantitative estimate of drug-likeness (QED) is 0.271. The number of hydrogen-bond donors (Lipinski definition) is 0. The SMILES string of the molecule is C[C@H](c1cccnc1N(C(=O)OC(C)(C)C)C(=O)OC(C)(C)C)N1CCOc2nc(Cl)c(F)c3nc(OC[C@@H]4CCCN4C)nc1c23. The minimum absolute atomic E-state index is 0.000319. The maximum atomic E-state index is 15.6. The molecule has 5 rings (SSSR count). The summed E-state index contributed by atoms with van der Waals surface area (Å²) in [4.78, 5) is 49.7. The standard InChI is InChI=1S/C32H41ClFN7O6/c1-18(20-12-9-13-35-25(20)41(29(42)46-31(2,3)4)30(43)47-32(5,6)7)40-15-16-44-27-21-23(22(34)24(33)37-27)36-28(38-26(21)40)45-17-19-11-10-14-39(19)8/h9,12-13,18-19H,10-11,14-17H2,1-8H3/t18-,19+/m1/s1. The number of carbonyl (C=O) groups excluding carboxylic acids is 2. The summed E-state index contributed by atoms with van der Waals surface area (Å²) >= 11 is 6.17. The molecule has 2 aliphatic heterocycles. The van der Waals surface area contributed by atoms with Crippen LogP contribution in [0.1, 0.15) is 72.9 Å². The van der Waals surface area contributed by atoms with Crippen LogP contribution in [-0.4, -0.2) is 87.6 Å². The van der Waals surface area contributed by atoms with E-state index in [0.29, 0.717) is 12.2 Å². The van der Waals surface area contributed by atoms with E-state index >= 15 is 4.39 Å². The first-order valence-corrected chi connectivity index (χ1v) is 15.9. The van der Waals surface area contributed by atoms with Crippen molar-refractivity contribution in [2.75, 3.05) is 43.2 Å². The Kier molecular flexibility index (Phi) is 9.65. The van der Waals surface area contributed by atoms with Crippen LogP contribution in [0.2, 0.25) is 5.15 Å². The number of anilines is 2. The number of likely N-dealkylation sites (tertiary alicyclic amines) is 1. The fraction of sp³-hybridized carbons (Fsp3) is 0.562. The molecule has 0 radical (unpaired) electrons. The highest BCUT2D eigenvalue weighted by Gasteiger charge is 2.38. The Bertz CT molecular complexity index is 1640. The molecule has 2 aliphatic rings. The zero-order valence-electron chi connectivity index (χ0n) is 28.0. The summed E-state index contributed by atoms with van der Waals surface area (Å²) < 4.78 is 38.8. The van der Waals surface area contributed by atoms with E-state index in [1.54, 1.807) is 53.7 Å². The lowest BCUT2D eigenvalue weighted by atomic mass is 10.1. The summed E-state index contributed by atoms with van der Waals surface area (Å²) in [6.07, 6.45) is 1.55. The van der Waals surface area contributed by atoms with Crippen molar-refractivity contribution in [3.63, 3.8) is 0 Å². The van der Waals surface area contributed by atoms with Gasteiger partial charge in [-0.25, -0.2) is 19.0 Å². The average Bonchev–Trinajstić information content (AvgIpc) is 3.29. The molecule has 0 aliphatic carbocycles. The summed E-state index contributed by atoms with van der Waals surface area (Å²) in [6.45, 7) is 13.7. The van der Waals surface area contributed by atoms with Crippen LogP contribution in [0.5, 0.6) is 11.9 Å². The molecule has 5 heterocycles. The predicted molar refractivity (Wildman–Crippen MR) is 174 cm³/mol. The van der Waals surface area contributed by atoms with Crippen molar-refractivity contribution in [3.8, 4) is 11.9 Å². The van der Waals surface area contributed by atoms with Gasteiger partial charge >= 0.3 is 18.2 Å². The van der Waals surface area contributed by atoms with Crippen molar-refractivity contribution < 1.29 is 32.9 Å². The highest BCUT2D eigenvalue weighted by molar-refractivity contribution is 6.30. The summed E-state index contributed by atoms with van der Waals surface area (Å²) in [5.74, 6) is -0.476. The van der Waals surface area contributed by atoms with Crippen LogP contribution < -0.4 is 19.3 Å². The summed E-state index contributed by atoms with van der Waals surface area (Å²) in [5.41, 5.74) is -1.48. The molecule has 47 heavy (non-hydrogen) atoms. The third-order valence-electron chi connectivity index (χ3n) is 7.69. The lowest BCUT2D eigenvalue weighted by molar-refractivity contribution is 0.0428. The van der Waals surface area contributed by atoms with Gasteiger partial charge in [0.1, 0.15) is 41.1 Å². The Morgan fingerprint density at radius 2 is 1.79 bits per heavy atom. The van der Waals surface area contributed by atoms with E-state index < -0.39 is 35.2 Å². The largest absolute Gasteiger partial charge is 0.475 e. The molecule has 0 bridgehead atoms. The van der Waals surface area contributed by atoms with Gasteiger partial charge in [0.15, 0.2) is 16.8 Å². The minimum Gasteiger partial charge on any atom is -0.475 e. The molecule has 254 valence electrons. The van der Waals surface area contributed by atoms with Gasteiger partial charge in [0.05, 0.1) is 12.6 Å². The normalized spacial score (nSPS) is 17.6. The van der Waals surface area contributed by atoms with E-state index in [9.17, 15) is 9.59 Å². The van der Waals surface area contributed by atoms with E-state index in [0.717, 1.165) is 24.3 Å². The third-order valence-corrected chi connectivity index (χ3v) is 7.94. The van der Waals surface area contributed by atoms with Crippen LogP contribution in [0.25, 0.3) is 10.9 Å². The number of aromatic nitrogens is 4. The monoisotopic (exact) mass is 673 g/mol. The third kappa shape index (κ3) is 7.59. The summed E-state index contributed by atoms with van der Waals surface area (Å²) in [6, 6.07) is 2.93. The second-order valence-electron chi connectivity index (χ2n) is 13.6. The second kappa shape index (κ2) is 13.2. The summed E-state index contributed by atoms with van der Waals surface area (Å²) in [5, 5.41) is -0.178. The van der Waals surface area contributed by atoms with Crippen LogP contribution >= 0.6 is 11.6 Å². The molecule has 0 saturated carbocycles. The number of rotatable bonds is 6. The maximum Gasteiger partial charge on any atom is 0.425 e. The zero-order chi connectivity index (χ0) is 34.3. The molecule has 0 N–H and O–H groups in total. The lowest BCUT2D eigenvalue weighted by Crippen LogP contribution is -2.45. The number of amides is 2. The highest BCUT2D eigenvalue weighted by atomic mass is 35.5. The van der Waals surface area contributed by atoms with Crippen molar-refractivity contribution in [1.82, 2.24) is 24.8 Å². The van der Waals surface area contributed by atoms with Gasteiger partial charge in [-0.2, -0.15) is 19.9 Å². The van der Waals surface area contributed by atoms with Gasteiger partial charge in [0.2, 0.25) is 5.88 Å². The molecule has 2 amide bonds. The Balaban J connectivity index is 1.61. The van der Waals surface area contributed by atoms with Crippen molar-refractivity contribution in [2.24, 2.45) is 0 Å². The summed E-state index contributed by atoms with van der Waals surface area (Å²) in [7, 11) is 2.03.